The Bertz CT molecular complexity index is 1010. The third-order valence-corrected chi connectivity index (χ3v) is 6.02. The molecule has 3 aromatic rings. The van der Waals surface area contributed by atoms with Crippen LogP contribution in [0.15, 0.2) is 59.8 Å². The number of carbonyl (C=O) groups is 1. The number of aromatic nitrogens is 2. The van der Waals surface area contributed by atoms with Crippen molar-refractivity contribution in [1.29, 1.82) is 0 Å². The van der Waals surface area contributed by atoms with Gasteiger partial charge in [-0.3, -0.25) is 4.79 Å². The third-order valence-electron chi connectivity index (χ3n) is 4.08. The summed E-state index contributed by atoms with van der Waals surface area (Å²) in [6.07, 6.45) is 3.55. The van der Waals surface area contributed by atoms with Crippen LogP contribution in [0.4, 0.5) is 0 Å². The first-order chi connectivity index (χ1) is 11.9. The van der Waals surface area contributed by atoms with Gasteiger partial charge in [-0.25, -0.2) is 13.4 Å². The van der Waals surface area contributed by atoms with Crippen molar-refractivity contribution in [2.75, 3.05) is 6.54 Å². The van der Waals surface area contributed by atoms with Crippen molar-refractivity contribution in [3.63, 3.8) is 0 Å². The first-order valence-corrected chi connectivity index (χ1v) is 9.39. The maximum Gasteiger partial charge on any atom is 0.243 e. The third kappa shape index (κ3) is 3.33. The number of hydrogen-bond donors (Lipinski definition) is 0. The van der Waals surface area contributed by atoms with Crippen molar-refractivity contribution in [2.24, 2.45) is 0 Å². The normalized spacial score (nSPS) is 12.0. The number of pyridine rings is 1. The van der Waals surface area contributed by atoms with Gasteiger partial charge in [-0.2, -0.15) is 4.31 Å². The van der Waals surface area contributed by atoms with E-state index in [1.807, 2.05) is 28.8 Å². The molecule has 0 bridgehead atoms. The van der Waals surface area contributed by atoms with Crippen molar-refractivity contribution in [3.05, 3.63) is 66.1 Å². The van der Waals surface area contributed by atoms with E-state index in [2.05, 4.69) is 4.98 Å². The van der Waals surface area contributed by atoms with Crippen LogP contribution in [0.2, 0.25) is 0 Å². The predicted octanol–water partition coefficient (Wildman–Crippen LogP) is 2.75. The molecule has 130 valence electrons. The van der Waals surface area contributed by atoms with Crippen molar-refractivity contribution < 1.29 is 13.2 Å². The van der Waals surface area contributed by atoms with Gasteiger partial charge in [0.15, 0.2) is 5.78 Å². The van der Waals surface area contributed by atoms with Crippen LogP contribution in [0.1, 0.15) is 29.9 Å². The first-order valence-electron chi connectivity index (χ1n) is 7.95. The lowest BCUT2D eigenvalue weighted by atomic mass is 10.2. The quantitative estimate of drug-likeness (QED) is 0.636. The summed E-state index contributed by atoms with van der Waals surface area (Å²) < 4.78 is 29.1. The predicted molar refractivity (Wildman–Crippen MR) is 94.9 cm³/mol. The Labute approximate surface area is 146 Å². The number of fused-ring (bicyclic) bond motifs is 1. The second-order valence-corrected chi connectivity index (χ2v) is 7.63. The molecular weight excluding hydrogens is 338 g/mol. The molecule has 2 heterocycles. The van der Waals surface area contributed by atoms with Crippen LogP contribution in [0.5, 0.6) is 0 Å². The lowest BCUT2D eigenvalue weighted by Crippen LogP contribution is -2.31. The maximum atomic E-state index is 12.9. The van der Waals surface area contributed by atoms with Gasteiger partial charge in [0, 0.05) is 18.3 Å². The van der Waals surface area contributed by atoms with Crippen LogP contribution < -0.4 is 0 Å². The van der Waals surface area contributed by atoms with Crippen LogP contribution in [0.3, 0.4) is 0 Å². The maximum absolute atomic E-state index is 12.9. The van der Waals surface area contributed by atoms with E-state index in [0.717, 1.165) is 11.3 Å². The molecule has 0 unspecified atom stereocenters. The molecule has 0 fully saturated rings. The molecular formula is C18H19N3O3S. The standard InChI is InChI=1S/C18H19N3O3S/c1-3-20(13-16-12-19-18-6-4-5-11-21(16)18)25(23,24)17-9-7-15(8-10-17)14(2)22/h4-12H,3,13H2,1-2H3. The van der Waals surface area contributed by atoms with Crippen LogP contribution in [-0.2, 0) is 16.6 Å². The average Bonchev–Trinajstić information content (AvgIpc) is 3.02. The van der Waals surface area contributed by atoms with E-state index in [1.54, 1.807) is 13.1 Å². The highest BCUT2D eigenvalue weighted by Crippen LogP contribution is 2.19. The molecule has 1 aromatic carbocycles. The number of imidazole rings is 1. The van der Waals surface area contributed by atoms with Crippen LogP contribution >= 0.6 is 0 Å². The molecule has 0 aliphatic carbocycles. The van der Waals surface area contributed by atoms with Gasteiger partial charge in [-0.1, -0.05) is 25.1 Å². The fourth-order valence-corrected chi connectivity index (χ4v) is 4.08. The van der Waals surface area contributed by atoms with Gasteiger partial charge in [-0.15, -0.1) is 0 Å². The minimum absolute atomic E-state index is 0.0953. The lowest BCUT2D eigenvalue weighted by molar-refractivity contribution is 0.101. The summed E-state index contributed by atoms with van der Waals surface area (Å²) in [5, 5.41) is 0. The first kappa shape index (κ1) is 17.3. The zero-order chi connectivity index (χ0) is 18.0. The SMILES string of the molecule is CCN(Cc1cnc2ccccn12)S(=O)(=O)c1ccc(C(C)=O)cc1. The summed E-state index contributed by atoms with van der Waals surface area (Å²) in [5.41, 5.74) is 2.06. The van der Waals surface area contributed by atoms with E-state index >= 15 is 0 Å². The molecule has 25 heavy (non-hydrogen) atoms. The summed E-state index contributed by atoms with van der Waals surface area (Å²) in [7, 11) is -3.66. The molecule has 0 amide bonds. The summed E-state index contributed by atoms with van der Waals surface area (Å²) in [5.74, 6) is -0.0953. The van der Waals surface area contributed by atoms with Gasteiger partial charge < -0.3 is 4.40 Å². The Morgan fingerprint density at radius 3 is 2.52 bits per heavy atom. The molecule has 0 aliphatic rings. The highest BCUT2D eigenvalue weighted by atomic mass is 32.2. The Morgan fingerprint density at radius 2 is 1.88 bits per heavy atom. The molecule has 0 N–H and O–H groups in total. The number of ketones is 1. The number of hydrogen-bond acceptors (Lipinski definition) is 4. The van der Waals surface area contributed by atoms with E-state index in [4.69, 9.17) is 0 Å². The highest BCUT2D eigenvalue weighted by Gasteiger charge is 2.24. The average molecular weight is 357 g/mol. The van der Waals surface area contributed by atoms with Crippen LogP contribution in [0, 0.1) is 0 Å². The summed E-state index contributed by atoms with van der Waals surface area (Å²) in [4.78, 5) is 15.8. The van der Waals surface area contributed by atoms with Crippen LogP contribution in [0.25, 0.3) is 5.65 Å². The smallest absolute Gasteiger partial charge is 0.243 e. The van der Waals surface area contributed by atoms with E-state index in [-0.39, 0.29) is 17.2 Å². The number of Topliss-reactive ketones (excluding diaryl/α,β-unsaturated/α-hetero) is 1. The summed E-state index contributed by atoms with van der Waals surface area (Å²) in [6, 6.07) is 11.7. The lowest BCUT2D eigenvalue weighted by Gasteiger charge is -2.20. The van der Waals surface area contributed by atoms with Gasteiger partial charge in [0.05, 0.1) is 23.3 Å². The van der Waals surface area contributed by atoms with Crippen molar-refractivity contribution in [2.45, 2.75) is 25.3 Å². The minimum Gasteiger partial charge on any atom is -0.303 e. The van der Waals surface area contributed by atoms with E-state index in [9.17, 15) is 13.2 Å². The Morgan fingerprint density at radius 1 is 1.16 bits per heavy atom. The zero-order valence-electron chi connectivity index (χ0n) is 14.1. The van der Waals surface area contributed by atoms with E-state index in [0.29, 0.717) is 12.1 Å². The van der Waals surface area contributed by atoms with Gasteiger partial charge in [0.1, 0.15) is 5.65 Å². The number of sulfonamides is 1. The number of benzene rings is 1. The second kappa shape index (κ2) is 6.78. The largest absolute Gasteiger partial charge is 0.303 e. The van der Waals surface area contributed by atoms with E-state index in [1.165, 1.54) is 35.5 Å². The topological polar surface area (TPSA) is 71.8 Å². The minimum atomic E-state index is -3.66. The second-order valence-electron chi connectivity index (χ2n) is 5.69. The summed E-state index contributed by atoms with van der Waals surface area (Å²) in [6.45, 7) is 3.80. The van der Waals surface area contributed by atoms with Crippen molar-refractivity contribution in [1.82, 2.24) is 13.7 Å². The van der Waals surface area contributed by atoms with E-state index < -0.39 is 10.0 Å². The van der Waals surface area contributed by atoms with Gasteiger partial charge >= 0.3 is 0 Å². The molecule has 0 spiro atoms. The number of nitrogens with zero attached hydrogens (tertiary/aromatic N) is 3. The fraction of sp³-hybridized carbons (Fsp3) is 0.222. The van der Waals surface area contributed by atoms with Crippen molar-refractivity contribution >= 4 is 21.5 Å². The molecule has 0 radical (unpaired) electrons. The van der Waals surface area contributed by atoms with Crippen molar-refractivity contribution in [3.8, 4) is 0 Å². The molecule has 3 rings (SSSR count). The van der Waals surface area contributed by atoms with Gasteiger partial charge in [-0.05, 0) is 31.2 Å². The summed E-state index contributed by atoms with van der Waals surface area (Å²) >= 11 is 0. The Kier molecular flexibility index (Phi) is 4.69. The molecule has 2 aromatic heterocycles. The molecule has 0 aliphatic heterocycles. The highest BCUT2D eigenvalue weighted by molar-refractivity contribution is 7.89. The monoisotopic (exact) mass is 357 g/mol. The van der Waals surface area contributed by atoms with Gasteiger partial charge in [0.2, 0.25) is 10.0 Å². The molecule has 0 saturated heterocycles. The molecule has 0 atom stereocenters. The fourth-order valence-electron chi connectivity index (χ4n) is 2.66. The number of rotatable bonds is 6. The number of carbonyl (C=O) groups excluding carboxylic acids is 1. The van der Waals surface area contributed by atoms with Gasteiger partial charge in [0.25, 0.3) is 0 Å². The Hall–Kier alpha value is -2.51. The molecule has 6 nitrogen and oxygen atoms in total. The zero-order valence-corrected chi connectivity index (χ0v) is 14.9. The molecule has 0 saturated carbocycles. The van der Waals surface area contributed by atoms with Crippen LogP contribution in [-0.4, -0.2) is 34.4 Å². The Balaban J connectivity index is 1.92. The molecule has 7 heteroatoms.